The minimum Gasteiger partial charge on any atom is -0.361 e. The molecule has 8 heteroatoms. The van der Waals surface area contributed by atoms with E-state index in [1.54, 1.807) is 19.2 Å². The molecule has 0 atom stereocenters. The summed E-state index contributed by atoms with van der Waals surface area (Å²) in [5.41, 5.74) is 2.03. The van der Waals surface area contributed by atoms with Crippen molar-refractivity contribution in [1.29, 1.82) is 0 Å². The van der Waals surface area contributed by atoms with E-state index in [0.717, 1.165) is 53.9 Å². The predicted octanol–water partition coefficient (Wildman–Crippen LogP) is 1.75. The van der Waals surface area contributed by atoms with Crippen molar-refractivity contribution < 1.29 is 4.39 Å². The van der Waals surface area contributed by atoms with Gasteiger partial charge in [0.2, 0.25) is 0 Å². The van der Waals surface area contributed by atoms with E-state index >= 15 is 0 Å². The molecule has 136 valence electrons. The molecule has 7 nitrogen and oxygen atoms in total. The van der Waals surface area contributed by atoms with E-state index in [4.69, 9.17) is 0 Å². The lowest BCUT2D eigenvalue weighted by Gasteiger charge is -2.11. The Balaban J connectivity index is 1.32. The summed E-state index contributed by atoms with van der Waals surface area (Å²) in [6.07, 6.45) is 4.84. The highest BCUT2D eigenvalue weighted by molar-refractivity contribution is 5.83. The zero-order valence-electron chi connectivity index (χ0n) is 14.7. The lowest BCUT2D eigenvalue weighted by atomic mass is 10.1. The van der Waals surface area contributed by atoms with Gasteiger partial charge in [-0.2, -0.15) is 0 Å². The number of hydrogen-bond donors (Lipinski definition) is 3. The van der Waals surface area contributed by atoms with Gasteiger partial charge in [0.25, 0.3) is 0 Å². The molecule has 0 unspecified atom stereocenters. The Morgan fingerprint density at radius 1 is 1.35 bits per heavy atom. The number of guanidine groups is 1. The number of nitrogens with one attached hydrogen (secondary N) is 3. The summed E-state index contributed by atoms with van der Waals surface area (Å²) >= 11 is 0. The van der Waals surface area contributed by atoms with Crippen LogP contribution < -0.4 is 10.6 Å². The Labute approximate surface area is 150 Å². The monoisotopic (exact) mass is 355 g/mol. The summed E-state index contributed by atoms with van der Waals surface area (Å²) < 4.78 is 15.6. The van der Waals surface area contributed by atoms with Crippen LogP contribution in [0, 0.1) is 5.82 Å². The molecule has 3 heterocycles. The number of aryl methyl sites for hydroxylation is 1. The first-order chi connectivity index (χ1) is 12.7. The Kier molecular flexibility index (Phi) is 4.55. The number of aromatic nitrogens is 4. The highest BCUT2D eigenvalue weighted by atomic mass is 19.1. The van der Waals surface area contributed by atoms with Crippen molar-refractivity contribution in [2.75, 3.05) is 13.6 Å². The zero-order chi connectivity index (χ0) is 17.9. The first kappa shape index (κ1) is 16.6. The third kappa shape index (κ3) is 3.26. The second-order valence-electron chi connectivity index (χ2n) is 6.39. The maximum Gasteiger partial charge on any atom is 0.191 e. The number of aromatic amines is 1. The van der Waals surface area contributed by atoms with Crippen LogP contribution in [-0.4, -0.2) is 39.3 Å². The van der Waals surface area contributed by atoms with Crippen molar-refractivity contribution in [3.05, 3.63) is 47.4 Å². The molecule has 1 aromatic carbocycles. The average molecular weight is 355 g/mol. The van der Waals surface area contributed by atoms with Gasteiger partial charge in [0.1, 0.15) is 11.6 Å². The largest absolute Gasteiger partial charge is 0.361 e. The molecule has 1 aliphatic heterocycles. The molecule has 3 N–H and O–H groups in total. The quantitative estimate of drug-likeness (QED) is 0.481. The number of halogens is 1. The maximum atomic E-state index is 13.5. The summed E-state index contributed by atoms with van der Waals surface area (Å²) in [5.74, 6) is 2.50. The van der Waals surface area contributed by atoms with Gasteiger partial charge in [-0.05, 0) is 36.6 Å². The lowest BCUT2D eigenvalue weighted by molar-refractivity contribution is 0.629. The molecule has 0 amide bonds. The molecule has 0 spiro atoms. The van der Waals surface area contributed by atoms with Crippen LogP contribution in [0.25, 0.3) is 10.9 Å². The minimum absolute atomic E-state index is 0.218. The van der Waals surface area contributed by atoms with Crippen LogP contribution in [0.5, 0.6) is 0 Å². The fourth-order valence-corrected chi connectivity index (χ4v) is 3.40. The van der Waals surface area contributed by atoms with Gasteiger partial charge < -0.3 is 20.2 Å². The van der Waals surface area contributed by atoms with Crippen molar-refractivity contribution in [2.45, 2.75) is 32.4 Å². The molecule has 3 aromatic rings. The number of benzene rings is 1. The number of hydrogen-bond acceptors (Lipinski definition) is 3. The summed E-state index contributed by atoms with van der Waals surface area (Å²) in [6, 6.07) is 4.80. The van der Waals surface area contributed by atoms with Crippen LogP contribution in [0.4, 0.5) is 4.39 Å². The number of nitrogens with zero attached hydrogens (tertiary/aromatic N) is 4. The van der Waals surface area contributed by atoms with Gasteiger partial charge in [0.05, 0.1) is 6.54 Å². The molecule has 0 saturated carbocycles. The second-order valence-corrected chi connectivity index (χ2v) is 6.39. The van der Waals surface area contributed by atoms with Crippen molar-refractivity contribution in [3.8, 4) is 0 Å². The van der Waals surface area contributed by atoms with Gasteiger partial charge in [0, 0.05) is 43.7 Å². The SMILES string of the molecule is CN=C(NCCc1c[nH]c2ccc(F)cc12)NCc1nnc2n1CCC2. The standard InChI is InChI=1S/C18H22FN7/c1-20-18(23-11-17-25-24-16-3-2-8-26(16)17)21-7-6-12-10-22-15-5-4-13(19)9-14(12)15/h4-5,9-10,22H,2-3,6-8,11H2,1H3,(H2,20,21,23). The zero-order valence-corrected chi connectivity index (χ0v) is 14.7. The van der Waals surface area contributed by atoms with Gasteiger partial charge >= 0.3 is 0 Å². The molecule has 0 radical (unpaired) electrons. The predicted molar refractivity (Wildman–Crippen MR) is 98.5 cm³/mol. The molecule has 2 aromatic heterocycles. The van der Waals surface area contributed by atoms with Crippen LogP contribution in [0.3, 0.4) is 0 Å². The Hall–Kier alpha value is -2.90. The molecule has 1 aliphatic rings. The van der Waals surface area contributed by atoms with Gasteiger partial charge in [0.15, 0.2) is 11.8 Å². The van der Waals surface area contributed by atoms with E-state index in [9.17, 15) is 4.39 Å². The smallest absolute Gasteiger partial charge is 0.191 e. The first-order valence-electron chi connectivity index (χ1n) is 8.85. The summed E-state index contributed by atoms with van der Waals surface area (Å²) in [7, 11) is 1.74. The molecular weight excluding hydrogens is 333 g/mol. The minimum atomic E-state index is -0.218. The maximum absolute atomic E-state index is 13.5. The molecule has 4 rings (SSSR count). The van der Waals surface area contributed by atoms with E-state index in [0.29, 0.717) is 19.0 Å². The molecular formula is C18H22FN7. The number of aliphatic imine (C=N–C) groups is 1. The van der Waals surface area contributed by atoms with Crippen molar-refractivity contribution in [3.63, 3.8) is 0 Å². The highest BCUT2D eigenvalue weighted by Crippen LogP contribution is 2.19. The fourth-order valence-electron chi connectivity index (χ4n) is 3.40. The van der Waals surface area contributed by atoms with Crippen LogP contribution in [0.2, 0.25) is 0 Å². The van der Waals surface area contributed by atoms with Crippen LogP contribution in [0.15, 0.2) is 29.4 Å². The average Bonchev–Trinajstić information content (AvgIpc) is 3.34. The van der Waals surface area contributed by atoms with E-state index in [1.165, 1.54) is 6.07 Å². The summed E-state index contributed by atoms with van der Waals surface area (Å²) in [5, 5.41) is 15.9. The number of rotatable bonds is 5. The molecule has 0 aliphatic carbocycles. The van der Waals surface area contributed by atoms with Gasteiger partial charge in [-0.25, -0.2) is 4.39 Å². The second kappa shape index (κ2) is 7.15. The number of H-pyrrole nitrogens is 1. The van der Waals surface area contributed by atoms with Crippen LogP contribution >= 0.6 is 0 Å². The summed E-state index contributed by atoms with van der Waals surface area (Å²) in [6.45, 7) is 2.27. The Bertz CT molecular complexity index is 940. The van der Waals surface area contributed by atoms with Crippen molar-refractivity contribution in [2.24, 2.45) is 4.99 Å². The third-order valence-electron chi connectivity index (χ3n) is 4.74. The Morgan fingerprint density at radius 3 is 3.15 bits per heavy atom. The normalized spacial score (nSPS) is 14.0. The molecule has 0 bridgehead atoms. The van der Waals surface area contributed by atoms with Crippen LogP contribution in [-0.2, 0) is 25.9 Å². The van der Waals surface area contributed by atoms with E-state index in [-0.39, 0.29) is 5.82 Å². The lowest BCUT2D eigenvalue weighted by Crippen LogP contribution is -2.38. The number of fused-ring (bicyclic) bond motifs is 2. The van der Waals surface area contributed by atoms with Crippen LogP contribution in [0.1, 0.15) is 23.6 Å². The van der Waals surface area contributed by atoms with Gasteiger partial charge in [-0.1, -0.05) is 0 Å². The first-order valence-corrected chi connectivity index (χ1v) is 8.85. The molecule has 26 heavy (non-hydrogen) atoms. The Morgan fingerprint density at radius 2 is 2.27 bits per heavy atom. The van der Waals surface area contributed by atoms with Crippen molar-refractivity contribution in [1.82, 2.24) is 30.4 Å². The summed E-state index contributed by atoms with van der Waals surface area (Å²) in [4.78, 5) is 7.42. The van der Waals surface area contributed by atoms with Gasteiger partial charge in [-0.15, -0.1) is 10.2 Å². The molecule has 0 fully saturated rings. The van der Waals surface area contributed by atoms with Crippen molar-refractivity contribution >= 4 is 16.9 Å². The fraction of sp³-hybridized carbons (Fsp3) is 0.389. The van der Waals surface area contributed by atoms with E-state index in [2.05, 4.69) is 35.4 Å². The van der Waals surface area contributed by atoms with E-state index in [1.807, 2.05) is 6.20 Å². The molecule has 0 saturated heterocycles. The highest BCUT2D eigenvalue weighted by Gasteiger charge is 2.17. The topological polar surface area (TPSA) is 82.9 Å². The van der Waals surface area contributed by atoms with Gasteiger partial charge in [-0.3, -0.25) is 4.99 Å². The van der Waals surface area contributed by atoms with E-state index < -0.39 is 0 Å². The third-order valence-corrected chi connectivity index (χ3v) is 4.74.